The highest BCUT2D eigenvalue weighted by Gasteiger charge is 2.23. The van der Waals surface area contributed by atoms with Crippen LogP contribution < -0.4 is 15.4 Å². The van der Waals surface area contributed by atoms with Crippen LogP contribution in [0, 0.1) is 6.92 Å². The molecule has 0 saturated carbocycles. The second-order valence-corrected chi connectivity index (χ2v) is 8.38. The highest BCUT2D eigenvalue weighted by molar-refractivity contribution is 7.17. The summed E-state index contributed by atoms with van der Waals surface area (Å²) in [5.41, 5.74) is 3.37. The molecule has 0 atom stereocenters. The molecular formula is C22H23N4O2S+. The van der Waals surface area contributed by atoms with E-state index in [0.29, 0.717) is 11.1 Å². The summed E-state index contributed by atoms with van der Waals surface area (Å²) in [6.45, 7) is 6.97. The van der Waals surface area contributed by atoms with Crippen LogP contribution in [0.3, 0.4) is 0 Å². The summed E-state index contributed by atoms with van der Waals surface area (Å²) in [6, 6.07) is 12.2. The summed E-state index contributed by atoms with van der Waals surface area (Å²) in [6.07, 6.45) is 1.62. The Morgan fingerprint density at radius 3 is 2.79 bits per heavy atom. The SMILES string of the molecule is Cc1ccccc1N1CC[NH+](Cc2nc3scc(-c4ccco4)c3c(=O)[nH]2)CC1. The number of para-hydroxylation sites is 1. The van der Waals surface area contributed by atoms with Crippen LogP contribution >= 0.6 is 11.3 Å². The lowest BCUT2D eigenvalue weighted by atomic mass is 10.1. The summed E-state index contributed by atoms with van der Waals surface area (Å²) >= 11 is 1.49. The number of H-pyrrole nitrogens is 1. The van der Waals surface area contributed by atoms with E-state index in [-0.39, 0.29) is 5.56 Å². The molecule has 0 radical (unpaired) electrons. The Morgan fingerprint density at radius 1 is 1.21 bits per heavy atom. The number of furan rings is 1. The van der Waals surface area contributed by atoms with Crippen molar-refractivity contribution in [2.24, 2.45) is 0 Å². The number of fused-ring (bicyclic) bond motifs is 1. The zero-order valence-electron chi connectivity index (χ0n) is 16.3. The van der Waals surface area contributed by atoms with Crippen LogP contribution in [0.1, 0.15) is 11.4 Å². The zero-order valence-corrected chi connectivity index (χ0v) is 17.1. The number of hydrogen-bond acceptors (Lipinski definition) is 5. The third kappa shape index (κ3) is 3.47. The monoisotopic (exact) mass is 407 g/mol. The molecule has 1 aromatic carbocycles. The van der Waals surface area contributed by atoms with Crippen molar-refractivity contribution >= 4 is 27.2 Å². The Hall–Kier alpha value is -2.90. The van der Waals surface area contributed by atoms with Crippen molar-refractivity contribution in [1.82, 2.24) is 9.97 Å². The first-order valence-corrected chi connectivity index (χ1v) is 10.8. The van der Waals surface area contributed by atoms with Gasteiger partial charge in [0.15, 0.2) is 5.82 Å². The molecule has 0 amide bonds. The maximum Gasteiger partial charge on any atom is 0.260 e. The van der Waals surface area contributed by atoms with Gasteiger partial charge in [0, 0.05) is 16.6 Å². The van der Waals surface area contributed by atoms with E-state index < -0.39 is 0 Å². The van der Waals surface area contributed by atoms with Crippen molar-refractivity contribution in [1.29, 1.82) is 0 Å². The standard InChI is InChI=1S/C22H22N4O2S/c1-15-5-2-3-6-17(15)26-10-8-25(9-11-26)13-19-23-21(27)20-16(14-29-22(20)24-19)18-7-4-12-28-18/h2-7,12,14H,8-11,13H2,1H3,(H,23,24,27)/p+1. The number of quaternary nitrogens is 1. The van der Waals surface area contributed by atoms with Crippen LogP contribution in [0.15, 0.2) is 57.3 Å². The minimum atomic E-state index is -0.0874. The number of hydrogen-bond donors (Lipinski definition) is 2. The third-order valence-electron chi connectivity index (χ3n) is 5.62. The first kappa shape index (κ1) is 18.1. The number of nitrogens with zero attached hydrogens (tertiary/aromatic N) is 2. The van der Waals surface area contributed by atoms with Crippen molar-refractivity contribution in [3.63, 3.8) is 0 Å². The Bertz CT molecular complexity index is 1190. The van der Waals surface area contributed by atoms with Gasteiger partial charge in [-0.25, -0.2) is 4.98 Å². The van der Waals surface area contributed by atoms with E-state index in [2.05, 4.69) is 41.1 Å². The maximum atomic E-state index is 12.7. The van der Waals surface area contributed by atoms with Gasteiger partial charge in [-0.1, -0.05) is 18.2 Å². The Kier molecular flexibility index (Phi) is 4.69. The van der Waals surface area contributed by atoms with Crippen LogP contribution in [-0.2, 0) is 6.54 Å². The molecule has 3 aromatic heterocycles. The van der Waals surface area contributed by atoms with Crippen molar-refractivity contribution in [2.45, 2.75) is 13.5 Å². The summed E-state index contributed by atoms with van der Waals surface area (Å²) in [4.78, 5) is 25.2. The van der Waals surface area contributed by atoms with Gasteiger partial charge in [0.05, 0.1) is 37.8 Å². The lowest BCUT2D eigenvalue weighted by molar-refractivity contribution is -0.915. The average molecular weight is 408 g/mol. The molecular weight excluding hydrogens is 384 g/mol. The van der Waals surface area contributed by atoms with Crippen molar-refractivity contribution in [3.05, 3.63) is 69.8 Å². The lowest BCUT2D eigenvalue weighted by Gasteiger charge is -2.34. The third-order valence-corrected chi connectivity index (χ3v) is 6.50. The fourth-order valence-electron chi connectivity index (χ4n) is 4.09. The molecule has 6 nitrogen and oxygen atoms in total. The smallest absolute Gasteiger partial charge is 0.260 e. The normalized spacial score (nSPS) is 15.3. The summed E-state index contributed by atoms with van der Waals surface area (Å²) < 4.78 is 5.46. The topological polar surface area (TPSA) is 66.6 Å². The highest BCUT2D eigenvalue weighted by atomic mass is 32.1. The molecule has 1 fully saturated rings. The number of benzene rings is 1. The molecule has 1 aliphatic heterocycles. The van der Waals surface area contributed by atoms with Gasteiger partial charge in [0.1, 0.15) is 17.1 Å². The van der Waals surface area contributed by atoms with E-state index >= 15 is 0 Å². The van der Waals surface area contributed by atoms with Crippen molar-refractivity contribution in [3.8, 4) is 11.3 Å². The van der Waals surface area contributed by atoms with E-state index in [1.54, 1.807) is 6.26 Å². The van der Waals surface area contributed by atoms with E-state index in [9.17, 15) is 4.79 Å². The van der Waals surface area contributed by atoms with Crippen LogP contribution in [0.4, 0.5) is 5.69 Å². The van der Waals surface area contributed by atoms with E-state index in [4.69, 9.17) is 9.40 Å². The predicted molar refractivity (Wildman–Crippen MR) is 116 cm³/mol. The number of aromatic amines is 1. The Labute approximate surface area is 172 Å². The largest absolute Gasteiger partial charge is 0.464 e. The van der Waals surface area contributed by atoms with Crippen molar-refractivity contribution < 1.29 is 9.32 Å². The van der Waals surface area contributed by atoms with Gasteiger partial charge >= 0.3 is 0 Å². The molecule has 2 N–H and O–H groups in total. The Balaban J connectivity index is 1.32. The summed E-state index contributed by atoms with van der Waals surface area (Å²) in [5, 5.41) is 2.57. The van der Waals surface area contributed by atoms with Crippen LogP contribution in [0.25, 0.3) is 21.5 Å². The quantitative estimate of drug-likeness (QED) is 0.545. The molecule has 148 valence electrons. The molecule has 4 heterocycles. The molecule has 0 bridgehead atoms. The fraction of sp³-hybridized carbons (Fsp3) is 0.273. The fourth-order valence-corrected chi connectivity index (χ4v) is 5.03. The second kappa shape index (κ2) is 7.50. The van der Waals surface area contributed by atoms with E-state index in [1.807, 2.05) is 17.5 Å². The molecule has 0 aliphatic carbocycles. The van der Waals surface area contributed by atoms with E-state index in [0.717, 1.165) is 48.9 Å². The first-order valence-electron chi connectivity index (χ1n) is 9.87. The number of aryl methyl sites for hydroxylation is 1. The second-order valence-electron chi connectivity index (χ2n) is 7.52. The average Bonchev–Trinajstić information content (AvgIpc) is 3.39. The van der Waals surface area contributed by atoms with Crippen molar-refractivity contribution in [2.75, 3.05) is 31.1 Å². The van der Waals surface area contributed by atoms with Gasteiger partial charge in [0.25, 0.3) is 5.56 Å². The number of aromatic nitrogens is 2. The van der Waals surface area contributed by atoms with Gasteiger partial charge in [-0.15, -0.1) is 11.3 Å². The molecule has 0 unspecified atom stereocenters. The molecule has 5 rings (SSSR count). The minimum absolute atomic E-state index is 0.0874. The van der Waals surface area contributed by atoms with Gasteiger partial charge in [0.2, 0.25) is 0 Å². The summed E-state index contributed by atoms with van der Waals surface area (Å²) in [7, 11) is 0. The lowest BCUT2D eigenvalue weighted by Crippen LogP contribution is -3.13. The first-order chi connectivity index (χ1) is 14.2. The van der Waals surface area contributed by atoms with Gasteiger partial charge in [-0.2, -0.15) is 0 Å². The number of piperazine rings is 1. The molecule has 7 heteroatoms. The van der Waals surface area contributed by atoms with E-state index in [1.165, 1.54) is 27.5 Å². The molecule has 0 spiro atoms. The Morgan fingerprint density at radius 2 is 2.03 bits per heavy atom. The molecule has 4 aromatic rings. The number of anilines is 1. The number of thiophene rings is 1. The summed E-state index contributed by atoms with van der Waals surface area (Å²) in [5.74, 6) is 1.46. The molecule has 29 heavy (non-hydrogen) atoms. The van der Waals surface area contributed by atoms with Gasteiger partial charge < -0.3 is 19.2 Å². The molecule has 1 aliphatic rings. The van der Waals surface area contributed by atoms with Crippen LogP contribution in [-0.4, -0.2) is 36.1 Å². The maximum absolute atomic E-state index is 12.7. The predicted octanol–water partition coefficient (Wildman–Crippen LogP) is 2.46. The number of rotatable bonds is 4. The molecule has 1 saturated heterocycles. The van der Waals surface area contributed by atoms with Gasteiger partial charge in [-0.3, -0.25) is 4.79 Å². The minimum Gasteiger partial charge on any atom is -0.464 e. The van der Waals surface area contributed by atoms with Gasteiger partial charge in [-0.05, 0) is 30.7 Å². The van der Waals surface area contributed by atoms with Crippen LogP contribution in [0.2, 0.25) is 0 Å². The highest BCUT2D eigenvalue weighted by Crippen LogP contribution is 2.30. The number of nitrogens with one attached hydrogen (secondary N) is 2. The van der Waals surface area contributed by atoms with Crippen LogP contribution in [0.5, 0.6) is 0 Å². The zero-order chi connectivity index (χ0) is 19.8.